The summed E-state index contributed by atoms with van der Waals surface area (Å²) in [6, 6.07) is 2.28. The number of anilines is 1. The fourth-order valence-electron chi connectivity index (χ4n) is 1.70. The second-order valence-electron chi connectivity index (χ2n) is 4.62. The van der Waals surface area contributed by atoms with Crippen LogP contribution in [0.2, 0.25) is 0 Å². The van der Waals surface area contributed by atoms with E-state index in [9.17, 15) is 0 Å². The minimum absolute atomic E-state index is 0.0578. The van der Waals surface area contributed by atoms with Gasteiger partial charge in [0.15, 0.2) is 0 Å². The van der Waals surface area contributed by atoms with Crippen LogP contribution >= 0.6 is 0 Å². The van der Waals surface area contributed by atoms with Crippen molar-refractivity contribution >= 4 is 5.82 Å². The van der Waals surface area contributed by atoms with Gasteiger partial charge in [0.1, 0.15) is 5.82 Å². The third-order valence-corrected chi connectivity index (χ3v) is 2.94. The van der Waals surface area contributed by atoms with E-state index in [1.807, 2.05) is 13.2 Å². The number of hydrogen-bond donors (Lipinski definition) is 2. The van der Waals surface area contributed by atoms with E-state index in [-0.39, 0.29) is 6.04 Å². The van der Waals surface area contributed by atoms with Crippen molar-refractivity contribution in [3.8, 4) is 0 Å². The van der Waals surface area contributed by atoms with E-state index in [0.717, 1.165) is 18.7 Å². The van der Waals surface area contributed by atoms with Gasteiger partial charge in [0.25, 0.3) is 0 Å². The highest BCUT2D eigenvalue weighted by molar-refractivity contribution is 5.45. The van der Waals surface area contributed by atoms with E-state index in [1.165, 1.54) is 11.1 Å². The summed E-state index contributed by atoms with van der Waals surface area (Å²) in [5.74, 6) is 1.45. The van der Waals surface area contributed by atoms with Crippen molar-refractivity contribution in [3.05, 3.63) is 36.0 Å². The zero-order valence-electron chi connectivity index (χ0n) is 11.0. The molecular weight excluding hydrogens is 210 g/mol. The molecule has 0 saturated heterocycles. The lowest BCUT2D eigenvalue weighted by molar-refractivity contribution is 0.719. The molecule has 1 heterocycles. The summed E-state index contributed by atoms with van der Waals surface area (Å²) in [6.07, 6.45) is 5.56. The maximum Gasteiger partial charge on any atom is 0.128 e. The maximum atomic E-state index is 5.85. The number of nitrogens with two attached hydrogens (primary N) is 1. The summed E-state index contributed by atoms with van der Waals surface area (Å²) in [6.45, 7) is 8.06. The topological polar surface area (TPSA) is 50.9 Å². The van der Waals surface area contributed by atoms with Crippen LogP contribution in [0.25, 0.3) is 0 Å². The lowest BCUT2D eigenvalue weighted by atomic mass is 10.00. The van der Waals surface area contributed by atoms with Gasteiger partial charge >= 0.3 is 0 Å². The lowest BCUT2D eigenvalue weighted by Gasteiger charge is -2.13. The van der Waals surface area contributed by atoms with Gasteiger partial charge in [0.2, 0.25) is 0 Å². The Morgan fingerprint density at radius 3 is 2.76 bits per heavy atom. The normalized spacial score (nSPS) is 12.5. The molecule has 0 aromatic carbocycles. The molecular formula is C14H23N3. The Morgan fingerprint density at radius 1 is 1.53 bits per heavy atom. The second-order valence-corrected chi connectivity index (χ2v) is 4.62. The SMILES string of the molecule is C=CC(N)CCc1cc(C(C)C)cnc1NC. The first kappa shape index (κ1) is 13.7. The van der Waals surface area contributed by atoms with E-state index in [1.54, 1.807) is 6.08 Å². The van der Waals surface area contributed by atoms with Gasteiger partial charge < -0.3 is 11.1 Å². The number of nitrogens with zero attached hydrogens (tertiary/aromatic N) is 1. The number of aryl methyl sites for hydroxylation is 1. The standard InChI is InChI=1S/C14H23N3/c1-5-13(15)7-6-11-8-12(10(2)3)9-17-14(11)16-4/h5,8-10,13H,1,6-7,15H2,2-4H3,(H,16,17). The van der Waals surface area contributed by atoms with Crippen LogP contribution in [-0.4, -0.2) is 18.1 Å². The summed E-state index contributed by atoms with van der Waals surface area (Å²) < 4.78 is 0. The zero-order chi connectivity index (χ0) is 12.8. The smallest absolute Gasteiger partial charge is 0.128 e. The van der Waals surface area contributed by atoms with E-state index in [0.29, 0.717) is 5.92 Å². The third kappa shape index (κ3) is 3.86. The monoisotopic (exact) mass is 233 g/mol. The largest absolute Gasteiger partial charge is 0.373 e. The molecule has 0 bridgehead atoms. The summed E-state index contributed by atoms with van der Waals surface area (Å²) in [5.41, 5.74) is 8.35. The molecule has 0 aliphatic rings. The summed E-state index contributed by atoms with van der Waals surface area (Å²) in [5, 5.41) is 3.13. The van der Waals surface area contributed by atoms with Gasteiger partial charge in [-0.3, -0.25) is 0 Å². The van der Waals surface area contributed by atoms with Gasteiger partial charge in [-0.2, -0.15) is 0 Å². The molecule has 1 unspecified atom stereocenters. The number of rotatable bonds is 6. The first-order chi connectivity index (χ1) is 8.08. The molecule has 1 rings (SSSR count). The fraction of sp³-hybridized carbons (Fsp3) is 0.500. The van der Waals surface area contributed by atoms with Crippen molar-refractivity contribution < 1.29 is 0 Å². The van der Waals surface area contributed by atoms with Gasteiger partial charge in [-0.15, -0.1) is 6.58 Å². The van der Waals surface area contributed by atoms with Crippen LogP contribution in [0.4, 0.5) is 5.82 Å². The van der Waals surface area contributed by atoms with E-state index in [4.69, 9.17) is 5.73 Å². The molecule has 3 N–H and O–H groups in total. The molecule has 3 nitrogen and oxygen atoms in total. The van der Waals surface area contributed by atoms with Gasteiger partial charge in [-0.05, 0) is 29.9 Å². The average molecular weight is 233 g/mol. The second kappa shape index (κ2) is 6.40. The fourth-order valence-corrected chi connectivity index (χ4v) is 1.70. The summed E-state index contributed by atoms with van der Waals surface area (Å²) >= 11 is 0. The zero-order valence-corrected chi connectivity index (χ0v) is 11.0. The van der Waals surface area contributed by atoms with Crippen molar-refractivity contribution in [1.82, 2.24) is 4.98 Å². The molecule has 1 aromatic heterocycles. The minimum atomic E-state index is 0.0578. The first-order valence-electron chi connectivity index (χ1n) is 6.13. The van der Waals surface area contributed by atoms with E-state index >= 15 is 0 Å². The quantitative estimate of drug-likeness (QED) is 0.743. The predicted molar refractivity (Wildman–Crippen MR) is 74.4 cm³/mol. The Balaban J connectivity index is 2.86. The Labute approximate surface area is 104 Å². The molecule has 17 heavy (non-hydrogen) atoms. The molecule has 0 amide bonds. The highest BCUT2D eigenvalue weighted by Crippen LogP contribution is 2.21. The number of aromatic nitrogens is 1. The minimum Gasteiger partial charge on any atom is -0.373 e. The molecule has 1 atom stereocenters. The van der Waals surface area contributed by atoms with Crippen molar-refractivity contribution in [2.75, 3.05) is 12.4 Å². The Kier molecular flexibility index (Phi) is 5.16. The molecule has 94 valence electrons. The van der Waals surface area contributed by atoms with Crippen LogP contribution in [0.15, 0.2) is 24.9 Å². The Hall–Kier alpha value is -1.35. The molecule has 0 saturated carbocycles. The first-order valence-corrected chi connectivity index (χ1v) is 6.13. The van der Waals surface area contributed by atoms with Gasteiger partial charge in [0.05, 0.1) is 0 Å². The van der Waals surface area contributed by atoms with Gasteiger partial charge in [-0.25, -0.2) is 4.98 Å². The summed E-state index contributed by atoms with van der Waals surface area (Å²) in [7, 11) is 1.90. The molecule has 0 radical (unpaired) electrons. The van der Waals surface area contributed by atoms with Gasteiger partial charge in [0, 0.05) is 19.3 Å². The average Bonchev–Trinajstić information content (AvgIpc) is 2.35. The lowest BCUT2D eigenvalue weighted by Crippen LogP contribution is -2.17. The van der Waals surface area contributed by atoms with Crippen LogP contribution in [0.3, 0.4) is 0 Å². The molecule has 0 aliphatic carbocycles. The van der Waals surface area contributed by atoms with Crippen LogP contribution in [0, 0.1) is 0 Å². The van der Waals surface area contributed by atoms with Crippen LogP contribution in [-0.2, 0) is 6.42 Å². The number of hydrogen-bond acceptors (Lipinski definition) is 3. The highest BCUT2D eigenvalue weighted by Gasteiger charge is 2.08. The highest BCUT2D eigenvalue weighted by atomic mass is 15.0. The van der Waals surface area contributed by atoms with Crippen molar-refractivity contribution in [2.24, 2.45) is 5.73 Å². The van der Waals surface area contributed by atoms with E-state index in [2.05, 4.69) is 36.8 Å². The van der Waals surface area contributed by atoms with Crippen LogP contribution in [0.1, 0.15) is 37.3 Å². The van der Waals surface area contributed by atoms with E-state index < -0.39 is 0 Å². The number of nitrogens with one attached hydrogen (secondary N) is 1. The molecule has 0 aliphatic heterocycles. The van der Waals surface area contributed by atoms with Crippen molar-refractivity contribution in [3.63, 3.8) is 0 Å². The Morgan fingerprint density at radius 2 is 2.24 bits per heavy atom. The number of pyridine rings is 1. The van der Waals surface area contributed by atoms with Crippen LogP contribution in [0.5, 0.6) is 0 Å². The molecule has 3 heteroatoms. The molecule has 0 spiro atoms. The molecule has 0 fully saturated rings. The maximum absolute atomic E-state index is 5.85. The molecule has 1 aromatic rings. The third-order valence-electron chi connectivity index (χ3n) is 2.94. The van der Waals surface area contributed by atoms with Gasteiger partial charge in [-0.1, -0.05) is 26.0 Å². The predicted octanol–water partition coefficient (Wildman–Crippen LogP) is 2.69. The van der Waals surface area contributed by atoms with Crippen LogP contribution < -0.4 is 11.1 Å². The van der Waals surface area contributed by atoms with Crippen molar-refractivity contribution in [1.29, 1.82) is 0 Å². The van der Waals surface area contributed by atoms with Crippen molar-refractivity contribution in [2.45, 2.75) is 38.6 Å². The summed E-state index contributed by atoms with van der Waals surface area (Å²) in [4.78, 5) is 4.44. The Bertz CT molecular complexity index is 372.